The Kier molecular flexibility index (Phi) is 3.03. The SMILES string of the molecule is Nc1cnc(NC2CCSC2)c(Cl)c1. The van der Waals surface area contributed by atoms with Crippen molar-refractivity contribution in [2.45, 2.75) is 12.5 Å². The van der Waals surface area contributed by atoms with Gasteiger partial charge >= 0.3 is 0 Å². The Bertz CT molecular complexity index is 326. The van der Waals surface area contributed by atoms with Crippen LogP contribution in [0.1, 0.15) is 6.42 Å². The van der Waals surface area contributed by atoms with E-state index >= 15 is 0 Å². The molecular formula is C9H12ClN3S. The Labute approximate surface area is 92.4 Å². The van der Waals surface area contributed by atoms with E-state index < -0.39 is 0 Å². The molecule has 1 aromatic rings. The van der Waals surface area contributed by atoms with Crippen molar-refractivity contribution in [1.82, 2.24) is 4.98 Å². The first-order chi connectivity index (χ1) is 6.75. The van der Waals surface area contributed by atoms with E-state index in [0.717, 1.165) is 11.6 Å². The van der Waals surface area contributed by atoms with Crippen molar-refractivity contribution < 1.29 is 0 Å². The number of nitrogens with zero attached hydrogens (tertiary/aromatic N) is 1. The maximum atomic E-state index is 6.00. The first-order valence-electron chi connectivity index (χ1n) is 4.51. The highest BCUT2D eigenvalue weighted by Gasteiger charge is 2.16. The Morgan fingerprint density at radius 2 is 2.50 bits per heavy atom. The molecule has 1 aromatic heterocycles. The average molecular weight is 230 g/mol. The lowest BCUT2D eigenvalue weighted by molar-refractivity contribution is 0.807. The second-order valence-electron chi connectivity index (χ2n) is 3.30. The minimum atomic E-state index is 0.494. The monoisotopic (exact) mass is 229 g/mol. The predicted octanol–water partition coefficient (Wildman–Crippen LogP) is 2.23. The van der Waals surface area contributed by atoms with Gasteiger partial charge in [0.05, 0.1) is 16.9 Å². The van der Waals surface area contributed by atoms with Crippen LogP contribution >= 0.6 is 23.4 Å². The van der Waals surface area contributed by atoms with E-state index in [9.17, 15) is 0 Å². The number of nitrogen functional groups attached to an aromatic ring is 1. The Morgan fingerprint density at radius 1 is 1.64 bits per heavy atom. The summed E-state index contributed by atoms with van der Waals surface area (Å²) >= 11 is 7.95. The molecule has 5 heteroatoms. The van der Waals surface area contributed by atoms with Gasteiger partial charge in [-0.3, -0.25) is 0 Å². The summed E-state index contributed by atoms with van der Waals surface area (Å²) in [6.07, 6.45) is 2.79. The van der Waals surface area contributed by atoms with Crippen molar-refractivity contribution >= 4 is 34.9 Å². The van der Waals surface area contributed by atoms with Gasteiger partial charge in [0.2, 0.25) is 0 Å². The fourth-order valence-electron chi connectivity index (χ4n) is 1.40. The molecule has 0 aliphatic carbocycles. The van der Waals surface area contributed by atoms with Crippen molar-refractivity contribution in [1.29, 1.82) is 0 Å². The number of halogens is 1. The summed E-state index contributed by atoms with van der Waals surface area (Å²) in [7, 11) is 0. The third-order valence-electron chi connectivity index (χ3n) is 2.13. The molecule has 2 rings (SSSR count). The van der Waals surface area contributed by atoms with Gasteiger partial charge in [0.25, 0.3) is 0 Å². The molecule has 14 heavy (non-hydrogen) atoms. The van der Waals surface area contributed by atoms with Gasteiger partial charge in [-0.15, -0.1) is 0 Å². The fraction of sp³-hybridized carbons (Fsp3) is 0.444. The molecule has 1 unspecified atom stereocenters. The summed E-state index contributed by atoms with van der Waals surface area (Å²) in [5, 5.41) is 3.92. The highest BCUT2D eigenvalue weighted by atomic mass is 35.5. The van der Waals surface area contributed by atoms with E-state index in [4.69, 9.17) is 17.3 Å². The summed E-state index contributed by atoms with van der Waals surface area (Å²) < 4.78 is 0. The molecular weight excluding hydrogens is 218 g/mol. The van der Waals surface area contributed by atoms with Gasteiger partial charge in [-0.05, 0) is 18.2 Å². The van der Waals surface area contributed by atoms with Crippen molar-refractivity contribution in [2.75, 3.05) is 22.6 Å². The lowest BCUT2D eigenvalue weighted by atomic mass is 10.2. The van der Waals surface area contributed by atoms with E-state index in [1.54, 1.807) is 12.3 Å². The van der Waals surface area contributed by atoms with Crippen LogP contribution in [0.3, 0.4) is 0 Å². The molecule has 76 valence electrons. The van der Waals surface area contributed by atoms with Gasteiger partial charge in [-0.1, -0.05) is 11.6 Å². The van der Waals surface area contributed by atoms with E-state index in [2.05, 4.69) is 10.3 Å². The zero-order valence-electron chi connectivity index (χ0n) is 7.66. The van der Waals surface area contributed by atoms with Crippen LogP contribution < -0.4 is 11.1 Å². The first kappa shape index (κ1) is 9.93. The second-order valence-corrected chi connectivity index (χ2v) is 4.86. The molecule has 3 N–H and O–H groups in total. The van der Waals surface area contributed by atoms with Crippen molar-refractivity contribution in [3.63, 3.8) is 0 Å². The molecule has 1 aliphatic rings. The molecule has 0 radical (unpaired) electrons. The molecule has 3 nitrogen and oxygen atoms in total. The summed E-state index contributed by atoms with van der Waals surface area (Å²) in [5.74, 6) is 3.08. The lowest BCUT2D eigenvalue weighted by Crippen LogP contribution is -2.19. The summed E-state index contributed by atoms with van der Waals surface area (Å²) in [5.41, 5.74) is 6.16. The van der Waals surface area contributed by atoms with Crippen LogP contribution in [0.5, 0.6) is 0 Å². The molecule has 1 fully saturated rings. The number of thioether (sulfide) groups is 1. The summed E-state index contributed by atoms with van der Waals surface area (Å²) in [6, 6.07) is 2.22. The molecule has 0 spiro atoms. The molecule has 0 amide bonds. The number of anilines is 2. The standard InChI is InChI=1S/C9H12ClN3S/c10-8-3-6(11)4-12-9(8)13-7-1-2-14-5-7/h3-4,7H,1-2,5,11H2,(H,12,13). The van der Waals surface area contributed by atoms with Crippen molar-refractivity contribution in [3.8, 4) is 0 Å². The largest absolute Gasteiger partial charge is 0.397 e. The maximum absolute atomic E-state index is 6.00. The highest BCUT2D eigenvalue weighted by Crippen LogP contribution is 2.25. The summed E-state index contributed by atoms with van der Waals surface area (Å²) in [4.78, 5) is 4.16. The van der Waals surface area contributed by atoms with Gasteiger partial charge in [0, 0.05) is 11.8 Å². The molecule has 0 aromatic carbocycles. The molecule has 0 bridgehead atoms. The van der Waals surface area contributed by atoms with Crippen LogP contribution in [-0.4, -0.2) is 22.5 Å². The van der Waals surface area contributed by atoms with Crippen LogP contribution in [0.25, 0.3) is 0 Å². The van der Waals surface area contributed by atoms with Gasteiger partial charge in [-0.25, -0.2) is 4.98 Å². The van der Waals surface area contributed by atoms with Crippen LogP contribution in [0, 0.1) is 0 Å². The van der Waals surface area contributed by atoms with E-state index in [-0.39, 0.29) is 0 Å². The zero-order valence-corrected chi connectivity index (χ0v) is 9.24. The van der Waals surface area contributed by atoms with Crippen molar-refractivity contribution in [3.05, 3.63) is 17.3 Å². The molecule has 1 saturated heterocycles. The Hall–Kier alpha value is -0.610. The highest BCUT2D eigenvalue weighted by molar-refractivity contribution is 7.99. The number of rotatable bonds is 2. The van der Waals surface area contributed by atoms with Crippen LogP contribution in [0.2, 0.25) is 5.02 Å². The third-order valence-corrected chi connectivity index (χ3v) is 3.58. The molecule has 2 heterocycles. The van der Waals surface area contributed by atoms with Crippen LogP contribution in [0.4, 0.5) is 11.5 Å². The molecule has 1 aliphatic heterocycles. The molecule has 0 saturated carbocycles. The number of nitrogens with one attached hydrogen (secondary N) is 1. The summed E-state index contributed by atoms with van der Waals surface area (Å²) in [6.45, 7) is 0. The van der Waals surface area contributed by atoms with E-state index in [1.165, 1.54) is 12.2 Å². The van der Waals surface area contributed by atoms with E-state index in [0.29, 0.717) is 16.8 Å². The van der Waals surface area contributed by atoms with Crippen LogP contribution in [-0.2, 0) is 0 Å². The number of nitrogens with two attached hydrogens (primary N) is 1. The number of aromatic nitrogens is 1. The minimum Gasteiger partial charge on any atom is -0.397 e. The van der Waals surface area contributed by atoms with Gasteiger partial charge < -0.3 is 11.1 Å². The Morgan fingerprint density at radius 3 is 3.14 bits per heavy atom. The topological polar surface area (TPSA) is 50.9 Å². The van der Waals surface area contributed by atoms with Crippen molar-refractivity contribution in [2.24, 2.45) is 0 Å². The van der Waals surface area contributed by atoms with Gasteiger partial charge in [-0.2, -0.15) is 11.8 Å². The van der Waals surface area contributed by atoms with E-state index in [1.807, 2.05) is 11.8 Å². The lowest BCUT2D eigenvalue weighted by Gasteiger charge is -2.13. The smallest absolute Gasteiger partial charge is 0.145 e. The minimum absolute atomic E-state index is 0.494. The number of pyridine rings is 1. The fourth-order valence-corrected chi connectivity index (χ4v) is 2.78. The van der Waals surface area contributed by atoms with Gasteiger partial charge in [0.15, 0.2) is 0 Å². The third kappa shape index (κ3) is 2.25. The molecule has 1 atom stereocenters. The average Bonchev–Trinajstić information content (AvgIpc) is 2.62. The second kappa shape index (κ2) is 4.28. The normalized spacial score (nSPS) is 21.1. The quantitative estimate of drug-likeness (QED) is 0.817. The zero-order chi connectivity index (χ0) is 9.97. The Balaban J connectivity index is 2.08. The maximum Gasteiger partial charge on any atom is 0.145 e. The first-order valence-corrected chi connectivity index (χ1v) is 6.04. The predicted molar refractivity (Wildman–Crippen MR) is 63.0 cm³/mol. The number of hydrogen-bond donors (Lipinski definition) is 2. The van der Waals surface area contributed by atoms with Gasteiger partial charge in [0.1, 0.15) is 5.82 Å². The number of hydrogen-bond acceptors (Lipinski definition) is 4. The van der Waals surface area contributed by atoms with Crippen LogP contribution in [0.15, 0.2) is 12.3 Å².